The summed E-state index contributed by atoms with van der Waals surface area (Å²) in [7, 11) is 1.99. The van der Waals surface area contributed by atoms with Gasteiger partial charge in [0.05, 0.1) is 33.3 Å². The van der Waals surface area contributed by atoms with E-state index in [1.54, 1.807) is 0 Å². The maximum atomic E-state index is 6.84. The van der Waals surface area contributed by atoms with Crippen LogP contribution in [-0.4, -0.2) is 30.9 Å². The summed E-state index contributed by atoms with van der Waals surface area (Å²) in [5, 5.41) is 0. The molecule has 0 saturated heterocycles. The predicted octanol–water partition coefficient (Wildman–Crippen LogP) is 4.44. The van der Waals surface area contributed by atoms with Crippen LogP contribution >= 0.6 is 0 Å². The van der Waals surface area contributed by atoms with Crippen molar-refractivity contribution in [3.8, 4) is 28.6 Å². The molecule has 0 unspecified atom stereocenters. The number of anilines is 1. The summed E-state index contributed by atoms with van der Waals surface area (Å²) < 4.78 is 15.0. The molecule has 0 radical (unpaired) electrons. The van der Waals surface area contributed by atoms with Crippen molar-refractivity contribution in [2.24, 2.45) is 7.05 Å². The van der Waals surface area contributed by atoms with Crippen LogP contribution in [0, 0.1) is 0 Å². The lowest BCUT2D eigenvalue weighted by atomic mass is 10.2. The molecule has 0 amide bonds. The van der Waals surface area contributed by atoms with Gasteiger partial charge in [-0.15, -0.1) is 0 Å². The Morgan fingerprint density at radius 3 is 2.36 bits per heavy atom. The number of nitrogen functional groups attached to an aromatic ring is 1. The third kappa shape index (κ3) is 2.48. The molecule has 8 heteroatoms. The average Bonchev–Trinajstić information content (AvgIpc) is 3.51. The smallest absolute Gasteiger partial charge is 0.231 e. The van der Waals surface area contributed by atoms with Crippen LogP contribution in [0.1, 0.15) is 0 Å². The minimum Gasteiger partial charge on any atom is -0.454 e. The molecule has 160 valence electrons. The first-order valence-corrected chi connectivity index (χ1v) is 10.6. The standard InChI is InChI=1S/C25H18N6O2/c1-30-18-9-5-4-8-17(18)29-24(30)21-22-25(28-16-7-3-2-6-15(16)27-22)31(23(21)26)14-10-11-19-20(12-14)33-13-32-19/h2-12H,13,26H2,1H3. The van der Waals surface area contributed by atoms with Gasteiger partial charge in [0.2, 0.25) is 6.79 Å². The van der Waals surface area contributed by atoms with E-state index < -0.39 is 0 Å². The Morgan fingerprint density at radius 1 is 0.818 bits per heavy atom. The van der Waals surface area contributed by atoms with Gasteiger partial charge in [0.25, 0.3) is 0 Å². The second-order valence-corrected chi connectivity index (χ2v) is 8.00. The van der Waals surface area contributed by atoms with Gasteiger partial charge in [-0.3, -0.25) is 4.57 Å². The first kappa shape index (κ1) is 18.0. The monoisotopic (exact) mass is 434 g/mol. The minimum atomic E-state index is 0.205. The summed E-state index contributed by atoms with van der Waals surface area (Å²) in [6, 6.07) is 21.6. The Kier molecular flexibility index (Phi) is 3.53. The Bertz CT molecular complexity index is 1730. The van der Waals surface area contributed by atoms with Crippen molar-refractivity contribution >= 4 is 39.0 Å². The number of fused-ring (bicyclic) bond motifs is 4. The number of rotatable bonds is 2. The lowest BCUT2D eigenvalue weighted by molar-refractivity contribution is 0.174. The summed E-state index contributed by atoms with van der Waals surface area (Å²) in [5.74, 6) is 2.63. The van der Waals surface area contributed by atoms with Crippen molar-refractivity contribution in [3.05, 3.63) is 66.7 Å². The van der Waals surface area contributed by atoms with E-state index in [1.807, 2.05) is 82.9 Å². The van der Waals surface area contributed by atoms with Crippen molar-refractivity contribution < 1.29 is 9.47 Å². The molecule has 0 fully saturated rings. The van der Waals surface area contributed by atoms with Crippen molar-refractivity contribution in [2.45, 2.75) is 0 Å². The number of aryl methyl sites for hydroxylation is 1. The van der Waals surface area contributed by atoms with Gasteiger partial charge in [0.15, 0.2) is 17.1 Å². The van der Waals surface area contributed by atoms with Gasteiger partial charge in [0, 0.05) is 13.1 Å². The summed E-state index contributed by atoms with van der Waals surface area (Å²) >= 11 is 0. The van der Waals surface area contributed by atoms with E-state index in [0.29, 0.717) is 28.5 Å². The zero-order chi connectivity index (χ0) is 22.1. The van der Waals surface area contributed by atoms with E-state index in [-0.39, 0.29) is 6.79 Å². The topological polar surface area (TPSA) is 93.0 Å². The van der Waals surface area contributed by atoms with Crippen LogP contribution in [0.15, 0.2) is 66.7 Å². The number of imidazole rings is 1. The van der Waals surface area contributed by atoms with E-state index in [0.717, 1.165) is 39.1 Å². The van der Waals surface area contributed by atoms with Crippen LogP contribution in [0.4, 0.5) is 5.82 Å². The van der Waals surface area contributed by atoms with Crippen LogP contribution in [0.3, 0.4) is 0 Å². The predicted molar refractivity (Wildman–Crippen MR) is 127 cm³/mol. The molecule has 4 heterocycles. The SMILES string of the molecule is Cn1c(-c2c(N)n(-c3ccc4c(c3)OCO4)c3nc4ccccc4nc23)nc2ccccc21. The van der Waals surface area contributed by atoms with Crippen LogP contribution in [0.2, 0.25) is 0 Å². The number of hydrogen-bond donors (Lipinski definition) is 1. The molecule has 0 aliphatic carbocycles. The molecule has 0 atom stereocenters. The van der Waals surface area contributed by atoms with Crippen molar-refractivity contribution in [1.82, 2.24) is 24.1 Å². The van der Waals surface area contributed by atoms with E-state index in [4.69, 9.17) is 30.2 Å². The summed E-state index contributed by atoms with van der Waals surface area (Å²) in [4.78, 5) is 14.8. The molecule has 33 heavy (non-hydrogen) atoms. The number of nitrogens with two attached hydrogens (primary N) is 1. The van der Waals surface area contributed by atoms with E-state index in [1.165, 1.54) is 0 Å². The molecule has 2 N–H and O–H groups in total. The quantitative estimate of drug-likeness (QED) is 0.433. The van der Waals surface area contributed by atoms with Crippen LogP contribution < -0.4 is 15.2 Å². The van der Waals surface area contributed by atoms with E-state index in [2.05, 4.69) is 0 Å². The molecule has 3 aromatic heterocycles. The van der Waals surface area contributed by atoms with Crippen LogP contribution in [-0.2, 0) is 7.05 Å². The van der Waals surface area contributed by atoms with Crippen LogP contribution in [0.25, 0.3) is 50.3 Å². The molecular formula is C25H18N6O2. The lowest BCUT2D eigenvalue weighted by Gasteiger charge is -2.09. The number of aromatic nitrogens is 5. The second kappa shape index (κ2) is 6.46. The molecule has 7 rings (SSSR count). The first-order valence-electron chi connectivity index (χ1n) is 10.6. The molecule has 1 aliphatic heterocycles. The number of nitrogens with zero attached hydrogens (tertiary/aromatic N) is 5. The maximum absolute atomic E-state index is 6.84. The van der Waals surface area contributed by atoms with Crippen LogP contribution in [0.5, 0.6) is 11.5 Å². The van der Waals surface area contributed by atoms with Gasteiger partial charge < -0.3 is 19.8 Å². The fourth-order valence-electron chi connectivity index (χ4n) is 4.54. The highest BCUT2D eigenvalue weighted by atomic mass is 16.7. The Hall–Kier alpha value is -4.59. The molecule has 6 aromatic rings. The molecule has 0 bridgehead atoms. The van der Waals surface area contributed by atoms with Crippen molar-refractivity contribution in [3.63, 3.8) is 0 Å². The third-order valence-corrected chi connectivity index (χ3v) is 6.12. The normalized spacial score (nSPS) is 12.9. The first-order chi connectivity index (χ1) is 16.2. The Labute approximate surface area is 187 Å². The van der Waals surface area contributed by atoms with Crippen molar-refractivity contribution in [1.29, 1.82) is 0 Å². The summed E-state index contributed by atoms with van der Waals surface area (Å²) in [5.41, 5.74) is 13.3. The van der Waals surface area contributed by atoms with E-state index >= 15 is 0 Å². The van der Waals surface area contributed by atoms with Crippen molar-refractivity contribution in [2.75, 3.05) is 12.5 Å². The molecular weight excluding hydrogens is 416 g/mol. The van der Waals surface area contributed by atoms with Gasteiger partial charge in [-0.05, 0) is 36.4 Å². The highest BCUT2D eigenvalue weighted by Crippen LogP contribution is 2.41. The minimum absolute atomic E-state index is 0.205. The zero-order valence-corrected chi connectivity index (χ0v) is 17.7. The second-order valence-electron chi connectivity index (χ2n) is 8.00. The molecule has 3 aromatic carbocycles. The number of hydrogen-bond acceptors (Lipinski definition) is 6. The van der Waals surface area contributed by atoms with Gasteiger partial charge in [0.1, 0.15) is 17.2 Å². The zero-order valence-electron chi connectivity index (χ0n) is 17.7. The molecule has 8 nitrogen and oxygen atoms in total. The van der Waals surface area contributed by atoms with E-state index in [9.17, 15) is 0 Å². The van der Waals surface area contributed by atoms with Gasteiger partial charge in [-0.2, -0.15) is 0 Å². The van der Waals surface area contributed by atoms with Gasteiger partial charge in [-0.25, -0.2) is 15.0 Å². The van der Waals surface area contributed by atoms with Gasteiger partial charge >= 0.3 is 0 Å². The third-order valence-electron chi connectivity index (χ3n) is 6.12. The molecule has 1 aliphatic rings. The fourth-order valence-corrected chi connectivity index (χ4v) is 4.54. The average molecular weight is 434 g/mol. The molecule has 0 spiro atoms. The highest BCUT2D eigenvalue weighted by molar-refractivity contribution is 6.02. The Balaban J connectivity index is 1.60. The largest absolute Gasteiger partial charge is 0.454 e. The summed E-state index contributed by atoms with van der Waals surface area (Å²) in [6.07, 6.45) is 0. The van der Waals surface area contributed by atoms with Gasteiger partial charge in [-0.1, -0.05) is 24.3 Å². The molecule has 0 saturated carbocycles. The highest BCUT2D eigenvalue weighted by Gasteiger charge is 2.25. The number of ether oxygens (including phenoxy) is 2. The number of benzene rings is 3. The fraction of sp³-hybridized carbons (Fsp3) is 0.0800. The summed E-state index contributed by atoms with van der Waals surface area (Å²) in [6.45, 7) is 0.205. The lowest BCUT2D eigenvalue weighted by Crippen LogP contribution is -2.02. The Morgan fingerprint density at radius 2 is 1.55 bits per heavy atom. The number of para-hydroxylation sites is 4. The maximum Gasteiger partial charge on any atom is 0.231 e.